The maximum absolute atomic E-state index is 13.1. The molecule has 1 saturated heterocycles. The normalized spacial score (nSPS) is 15.1. The largest absolute Gasteiger partial charge is 0.497 e. The van der Waals surface area contributed by atoms with E-state index in [1.54, 1.807) is 11.8 Å². The summed E-state index contributed by atoms with van der Waals surface area (Å²) in [5.41, 5.74) is 2.52. The second kappa shape index (κ2) is 11.8. The molecule has 0 saturated carbocycles. The van der Waals surface area contributed by atoms with Crippen molar-refractivity contribution in [1.29, 1.82) is 0 Å². The van der Waals surface area contributed by atoms with Crippen molar-refractivity contribution >= 4 is 6.03 Å². The van der Waals surface area contributed by atoms with Gasteiger partial charge in [-0.05, 0) is 50.5 Å². The molecule has 1 N–H and O–H groups in total. The Morgan fingerprint density at radius 2 is 2.00 bits per heavy atom. The lowest BCUT2D eigenvalue weighted by atomic mass is 10.2. The number of methoxy groups -OCH3 is 1. The summed E-state index contributed by atoms with van der Waals surface area (Å²) in [6.45, 7) is 6.22. The van der Waals surface area contributed by atoms with Crippen LogP contribution in [0.2, 0.25) is 0 Å². The van der Waals surface area contributed by atoms with Crippen LogP contribution >= 0.6 is 0 Å². The number of nitrogens with one attached hydrogen (secondary N) is 1. The lowest BCUT2D eigenvalue weighted by Crippen LogP contribution is -2.43. The number of hydrogen-bond donors (Lipinski definition) is 1. The summed E-state index contributed by atoms with van der Waals surface area (Å²) in [6.07, 6.45) is 2.88. The fourth-order valence-corrected chi connectivity index (χ4v) is 4.13. The smallest absolute Gasteiger partial charge is 0.317 e. The standard InChI is InChI=1S/C27H34N4O4/c1-4-15-28-27(32)30(18-24-14-9-16-34-24)19-25-20(2)29-31(21-10-6-5-7-11-21)26(25)35-23-13-8-12-22(17-23)33-3/h5-8,10-13,17,24H,4,9,14-16,18-19H2,1-3H3,(H,28,32). The molecule has 1 unspecified atom stereocenters. The molecule has 0 bridgehead atoms. The van der Waals surface area contributed by atoms with Crippen LogP contribution < -0.4 is 14.8 Å². The van der Waals surface area contributed by atoms with Crippen LogP contribution in [-0.2, 0) is 11.3 Å². The zero-order valence-electron chi connectivity index (χ0n) is 20.7. The number of aromatic nitrogens is 2. The average molecular weight is 479 g/mol. The molecule has 35 heavy (non-hydrogen) atoms. The predicted molar refractivity (Wildman–Crippen MR) is 134 cm³/mol. The van der Waals surface area contributed by atoms with Crippen molar-refractivity contribution in [2.75, 3.05) is 26.8 Å². The summed E-state index contributed by atoms with van der Waals surface area (Å²) < 4.78 is 19.4. The monoisotopic (exact) mass is 478 g/mol. The Morgan fingerprint density at radius 3 is 2.71 bits per heavy atom. The van der Waals surface area contributed by atoms with Crippen LogP contribution in [0.3, 0.4) is 0 Å². The van der Waals surface area contributed by atoms with Crippen molar-refractivity contribution in [3.63, 3.8) is 0 Å². The first-order valence-electron chi connectivity index (χ1n) is 12.2. The lowest BCUT2D eigenvalue weighted by Gasteiger charge is -2.26. The number of hydrogen-bond acceptors (Lipinski definition) is 5. The minimum atomic E-state index is -0.110. The molecule has 1 fully saturated rings. The summed E-state index contributed by atoms with van der Waals surface area (Å²) in [5.74, 6) is 1.90. The van der Waals surface area contributed by atoms with E-state index < -0.39 is 0 Å². The van der Waals surface area contributed by atoms with Crippen molar-refractivity contribution in [3.8, 4) is 23.1 Å². The van der Waals surface area contributed by atoms with E-state index in [2.05, 4.69) is 5.32 Å². The van der Waals surface area contributed by atoms with Gasteiger partial charge in [0.2, 0.25) is 5.88 Å². The fourth-order valence-electron chi connectivity index (χ4n) is 4.13. The molecule has 186 valence electrons. The number of carbonyl (C=O) groups excluding carboxylic acids is 1. The average Bonchev–Trinajstić information content (AvgIpc) is 3.51. The van der Waals surface area contributed by atoms with Crippen LogP contribution in [0.1, 0.15) is 37.4 Å². The van der Waals surface area contributed by atoms with Crippen LogP contribution in [0.25, 0.3) is 5.69 Å². The molecule has 2 amide bonds. The molecule has 0 radical (unpaired) electrons. The van der Waals surface area contributed by atoms with Gasteiger partial charge in [-0.25, -0.2) is 9.48 Å². The van der Waals surface area contributed by atoms with Gasteiger partial charge in [-0.2, -0.15) is 5.10 Å². The quantitative estimate of drug-likeness (QED) is 0.440. The van der Waals surface area contributed by atoms with Gasteiger partial charge < -0.3 is 24.4 Å². The van der Waals surface area contributed by atoms with Gasteiger partial charge in [-0.3, -0.25) is 0 Å². The summed E-state index contributed by atoms with van der Waals surface area (Å²) in [4.78, 5) is 14.9. The van der Waals surface area contributed by atoms with Gasteiger partial charge >= 0.3 is 6.03 Å². The van der Waals surface area contributed by atoms with E-state index in [-0.39, 0.29) is 12.1 Å². The number of rotatable bonds is 10. The molecular formula is C27H34N4O4. The van der Waals surface area contributed by atoms with Crippen LogP contribution in [0.15, 0.2) is 54.6 Å². The summed E-state index contributed by atoms with van der Waals surface area (Å²) in [7, 11) is 1.63. The zero-order chi connectivity index (χ0) is 24.6. The SMILES string of the molecule is CCCNC(=O)N(Cc1c(C)nn(-c2ccccc2)c1Oc1cccc(OC)c1)CC1CCCO1. The molecule has 1 aliphatic heterocycles. The Bertz CT molecular complexity index is 1110. The van der Waals surface area contributed by atoms with Crippen molar-refractivity contribution in [2.24, 2.45) is 0 Å². The molecular weight excluding hydrogens is 444 g/mol. The summed E-state index contributed by atoms with van der Waals surface area (Å²) in [6, 6.07) is 17.2. The third-order valence-corrected chi connectivity index (χ3v) is 6.00. The highest BCUT2D eigenvalue weighted by Gasteiger charge is 2.27. The van der Waals surface area contributed by atoms with Crippen LogP contribution in [-0.4, -0.2) is 53.6 Å². The molecule has 0 aliphatic carbocycles. The minimum Gasteiger partial charge on any atom is -0.497 e. The van der Waals surface area contributed by atoms with Gasteiger partial charge in [-0.15, -0.1) is 0 Å². The molecule has 4 rings (SSSR count). The van der Waals surface area contributed by atoms with Gasteiger partial charge in [0.25, 0.3) is 0 Å². The molecule has 8 heteroatoms. The Labute approximate surface area is 206 Å². The van der Waals surface area contributed by atoms with Crippen molar-refractivity contribution in [1.82, 2.24) is 20.0 Å². The Balaban J connectivity index is 1.70. The molecule has 2 aromatic carbocycles. The van der Waals surface area contributed by atoms with Gasteiger partial charge in [0, 0.05) is 25.8 Å². The predicted octanol–water partition coefficient (Wildman–Crippen LogP) is 5.08. The van der Waals surface area contributed by atoms with E-state index in [0.29, 0.717) is 37.0 Å². The third-order valence-electron chi connectivity index (χ3n) is 6.00. The zero-order valence-corrected chi connectivity index (χ0v) is 20.7. The second-order valence-electron chi connectivity index (χ2n) is 8.64. The molecule has 2 heterocycles. The van der Waals surface area contributed by atoms with E-state index in [0.717, 1.165) is 42.8 Å². The van der Waals surface area contributed by atoms with E-state index in [1.807, 2.05) is 73.3 Å². The maximum Gasteiger partial charge on any atom is 0.317 e. The number of ether oxygens (including phenoxy) is 3. The highest BCUT2D eigenvalue weighted by molar-refractivity contribution is 5.74. The van der Waals surface area contributed by atoms with Gasteiger partial charge in [0.1, 0.15) is 11.5 Å². The molecule has 0 spiro atoms. The molecule has 1 atom stereocenters. The Morgan fingerprint density at radius 1 is 1.20 bits per heavy atom. The van der Waals surface area contributed by atoms with Crippen molar-refractivity contribution < 1.29 is 19.0 Å². The van der Waals surface area contributed by atoms with Gasteiger partial charge in [0.15, 0.2) is 0 Å². The highest BCUT2D eigenvalue weighted by Crippen LogP contribution is 2.33. The van der Waals surface area contributed by atoms with E-state index in [9.17, 15) is 4.79 Å². The maximum atomic E-state index is 13.1. The molecule has 8 nitrogen and oxygen atoms in total. The number of amides is 2. The number of carbonyl (C=O) groups is 1. The lowest BCUT2D eigenvalue weighted by molar-refractivity contribution is 0.0793. The number of aryl methyl sites for hydroxylation is 1. The summed E-state index contributed by atoms with van der Waals surface area (Å²) in [5, 5.41) is 7.81. The van der Waals surface area contributed by atoms with Crippen molar-refractivity contribution in [3.05, 3.63) is 65.9 Å². The van der Waals surface area contributed by atoms with Crippen molar-refractivity contribution in [2.45, 2.75) is 45.8 Å². The number of nitrogens with zero attached hydrogens (tertiary/aromatic N) is 3. The first kappa shape index (κ1) is 24.6. The fraction of sp³-hybridized carbons (Fsp3) is 0.407. The third kappa shape index (κ3) is 6.14. The van der Waals surface area contributed by atoms with Gasteiger partial charge in [0.05, 0.1) is 36.7 Å². The number of para-hydroxylation sites is 1. The highest BCUT2D eigenvalue weighted by atomic mass is 16.5. The van der Waals surface area contributed by atoms with E-state index in [4.69, 9.17) is 19.3 Å². The summed E-state index contributed by atoms with van der Waals surface area (Å²) >= 11 is 0. The number of urea groups is 1. The van der Waals surface area contributed by atoms with Gasteiger partial charge in [-0.1, -0.05) is 31.2 Å². The number of benzene rings is 2. The molecule has 1 aliphatic rings. The Hall–Kier alpha value is -3.52. The van der Waals surface area contributed by atoms with Crippen LogP contribution in [0, 0.1) is 6.92 Å². The minimum absolute atomic E-state index is 0.0367. The topological polar surface area (TPSA) is 77.9 Å². The first-order chi connectivity index (χ1) is 17.1. The Kier molecular flexibility index (Phi) is 8.26. The van der Waals surface area contributed by atoms with E-state index >= 15 is 0 Å². The van der Waals surface area contributed by atoms with Crippen LogP contribution in [0.4, 0.5) is 4.79 Å². The first-order valence-corrected chi connectivity index (χ1v) is 12.2. The molecule has 3 aromatic rings. The second-order valence-corrected chi connectivity index (χ2v) is 8.64. The molecule has 1 aromatic heterocycles. The van der Waals surface area contributed by atoms with E-state index in [1.165, 1.54) is 0 Å². The van der Waals surface area contributed by atoms with Crippen LogP contribution in [0.5, 0.6) is 17.4 Å².